The molecule has 2 heterocycles. The Morgan fingerprint density at radius 2 is 1.87 bits per heavy atom. The van der Waals surface area contributed by atoms with E-state index in [0.717, 1.165) is 70.4 Å². The Morgan fingerprint density at radius 3 is 2.48 bits per heavy atom. The lowest BCUT2D eigenvalue weighted by Gasteiger charge is -2.29. The van der Waals surface area contributed by atoms with E-state index in [1.807, 2.05) is 12.1 Å². The van der Waals surface area contributed by atoms with Crippen molar-refractivity contribution in [2.75, 3.05) is 73.2 Å². The molecule has 2 N–H and O–H groups in total. The van der Waals surface area contributed by atoms with Crippen LogP contribution in [0.3, 0.4) is 0 Å². The van der Waals surface area contributed by atoms with Crippen molar-refractivity contribution in [1.29, 1.82) is 0 Å². The van der Waals surface area contributed by atoms with Crippen LogP contribution in [0.4, 0.5) is 0 Å². The normalized spacial score (nSPS) is 20.8. The van der Waals surface area contributed by atoms with Crippen molar-refractivity contribution >= 4 is 29.9 Å². The van der Waals surface area contributed by atoms with Gasteiger partial charge in [-0.25, -0.2) is 0 Å². The van der Waals surface area contributed by atoms with Crippen molar-refractivity contribution in [1.82, 2.24) is 15.1 Å². The summed E-state index contributed by atoms with van der Waals surface area (Å²) in [7, 11) is 3.21. The largest absolute Gasteiger partial charge is 0.497 e. The molecule has 2 aliphatic rings. The fourth-order valence-corrected chi connectivity index (χ4v) is 4.05. The van der Waals surface area contributed by atoms with Gasteiger partial charge in [0.15, 0.2) is 5.96 Å². The van der Waals surface area contributed by atoms with Crippen LogP contribution < -0.4 is 14.8 Å². The first-order valence-electron chi connectivity index (χ1n) is 10.9. The summed E-state index contributed by atoms with van der Waals surface area (Å²) < 4.78 is 16.1. The quantitative estimate of drug-likeness (QED) is 0.292. The minimum absolute atomic E-state index is 0. The van der Waals surface area contributed by atoms with Crippen LogP contribution >= 0.6 is 24.0 Å². The molecule has 2 fully saturated rings. The molecule has 0 spiro atoms. The van der Waals surface area contributed by atoms with Gasteiger partial charge in [-0.3, -0.25) is 9.89 Å². The summed E-state index contributed by atoms with van der Waals surface area (Å²) in [6, 6.07) is 5.44. The molecule has 9 heteroatoms. The van der Waals surface area contributed by atoms with Gasteiger partial charge in [-0.1, -0.05) is 0 Å². The molecule has 2 unspecified atom stereocenters. The molecule has 0 saturated carbocycles. The summed E-state index contributed by atoms with van der Waals surface area (Å²) in [5, 5.41) is 14.1. The summed E-state index contributed by atoms with van der Waals surface area (Å²) in [5.41, 5.74) is 0.734. The molecular formula is C22H37IN4O4. The lowest BCUT2D eigenvalue weighted by Crippen LogP contribution is -2.42. The Balaban J connectivity index is 0.00000341. The van der Waals surface area contributed by atoms with E-state index in [2.05, 4.69) is 22.0 Å². The van der Waals surface area contributed by atoms with E-state index >= 15 is 0 Å². The number of guanidine groups is 1. The number of morpholine rings is 1. The number of benzene rings is 1. The van der Waals surface area contributed by atoms with Crippen molar-refractivity contribution in [3.63, 3.8) is 0 Å². The molecule has 2 atom stereocenters. The van der Waals surface area contributed by atoms with Gasteiger partial charge >= 0.3 is 0 Å². The molecule has 2 aliphatic heterocycles. The standard InChI is InChI=1S/C22H36N4O4.HI/c1-4-23-22(26-6-5-17(16-26)15-25-7-9-30-10-8-25)24-14-21(27)18-11-19(28-2)13-20(12-18)29-3;/h11-13,17,21,27H,4-10,14-16H2,1-3H3,(H,23,24);1H. The maximum atomic E-state index is 10.7. The number of aliphatic hydroxyl groups excluding tert-OH is 1. The zero-order valence-electron chi connectivity index (χ0n) is 18.9. The van der Waals surface area contributed by atoms with Crippen molar-refractivity contribution in [3.8, 4) is 11.5 Å². The predicted molar refractivity (Wildman–Crippen MR) is 133 cm³/mol. The van der Waals surface area contributed by atoms with Crippen LogP contribution in [0.5, 0.6) is 11.5 Å². The van der Waals surface area contributed by atoms with Gasteiger partial charge in [0.05, 0.1) is 40.1 Å². The van der Waals surface area contributed by atoms with E-state index in [4.69, 9.17) is 19.2 Å². The molecule has 8 nitrogen and oxygen atoms in total. The third kappa shape index (κ3) is 7.65. The number of nitrogens with zero attached hydrogens (tertiary/aromatic N) is 3. The molecule has 0 bridgehead atoms. The summed E-state index contributed by atoms with van der Waals surface area (Å²) in [5.74, 6) is 2.82. The molecule has 0 aromatic heterocycles. The minimum atomic E-state index is -0.727. The van der Waals surface area contributed by atoms with Gasteiger partial charge < -0.3 is 29.5 Å². The first-order chi connectivity index (χ1) is 14.6. The van der Waals surface area contributed by atoms with Gasteiger partial charge in [0.25, 0.3) is 0 Å². The first-order valence-corrected chi connectivity index (χ1v) is 10.9. The highest BCUT2D eigenvalue weighted by atomic mass is 127. The Bertz CT molecular complexity index is 678. The van der Waals surface area contributed by atoms with Gasteiger partial charge in [-0.15, -0.1) is 24.0 Å². The molecule has 1 aromatic carbocycles. The van der Waals surface area contributed by atoms with E-state index in [1.54, 1.807) is 20.3 Å². The molecular weight excluding hydrogens is 511 g/mol. The second-order valence-corrected chi connectivity index (χ2v) is 7.87. The van der Waals surface area contributed by atoms with Crippen molar-refractivity contribution in [2.45, 2.75) is 19.4 Å². The predicted octanol–water partition coefficient (Wildman–Crippen LogP) is 1.97. The first kappa shape index (κ1) is 26.0. The van der Waals surface area contributed by atoms with Crippen LogP contribution in [-0.4, -0.2) is 94.1 Å². The van der Waals surface area contributed by atoms with Crippen molar-refractivity contribution < 1.29 is 19.3 Å². The van der Waals surface area contributed by atoms with Crippen molar-refractivity contribution in [2.24, 2.45) is 10.9 Å². The summed E-state index contributed by atoms with van der Waals surface area (Å²) in [4.78, 5) is 9.54. The van der Waals surface area contributed by atoms with E-state index in [-0.39, 0.29) is 30.5 Å². The number of nitrogens with one attached hydrogen (secondary N) is 1. The van der Waals surface area contributed by atoms with E-state index in [9.17, 15) is 5.11 Å². The number of halogens is 1. The van der Waals surface area contributed by atoms with E-state index in [0.29, 0.717) is 17.4 Å². The summed E-state index contributed by atoms with van der Waals surface area (Å²) in [6.45, 7) is 9.99. The fraction of sp³-hybridized carbons (Fsp3) is 0.682. The summed E-state index contributed by atoms with van der Waals surface area (Å²) in [6.07, 6.45) is 0.437. The fourth-order valence-electron chi connectivity index (χ4n) is 4.05. The van der Waals surface area contributed by atoms with Crippen LogP contribution in [0.1, 0.15) is 25.0 Å². The zero-order chi connectivity index (χ0) is 21.3. The van der Waals surface area contributed by atoms with Gasteiger partial charge in [0.2, 0.25) is 0 Å². The highest BCUT2D eigenvalue weighted by Gasteiger charge is 2.27. The minimum Gasteiger partial charge on any atom is -0.497 e. The maximum Gasteiger partial charge on any atom is 0.194 e. The molecule has 2 saturated heterocycles. The Labute approximate surface area is 203 Å². The maximum absolute atomic E-state index is 10.7. The lowest BCUT2D eigenvalue weighted by atomic mass is 10.1. The highest BCUT2D eigenvalue weighted by molar-refractivity contribution is 14.0. The average molecular weight is 548 g/mol. The molecule has 3 rings (SSSR count). The summed E-state index contributed by atoms with van der Waals surface area (Å²) >= 11 is 0. The number of aliphatic imine (C=N–C) groups is 1. The molecule has 0 aliphatic carbocycles. The number of ether oxygens (including phenoxy) is 3. The van der Waals surface area contributed by atoms with E-state index in [1.165, 1.54) is 0 Å². The van der Waals surface area contributed by atoms with Crippen LogP contribution in [0.2, 0.25) is 0 Å². The average Bonchev–Trinajstić information content (AvgIpc) is 3.24. The molecule has 0 radical (unpaired) electrons. The zero-order valence-corrected chi connectivity index (χ0v) is 21.2. The van der Waals surface area contributed by atoms with Crippen LogP contribution in [-0.2, 0) is 4.74 Å². The smallest absolute Gasteiger partial charge is 0.194 e. The Morgan fingerprint density at radius 1 is 1.19 bits per heavy atom. The number of methoxy groups -OCH3 is 2. The third-order valence-corrected chi connectivity index (χ3v) is 5.71. The second-order valence-electron chi connectivity index (χ2n) is 7.87. The molecule has 176 valence electrons. The van der Waals surface area contributed by atoms with E-state index < -0.39 is 6.10 Å². The number of likely N-dealkylation sites (tertiary alicyclic amines) is 1. The lowest BCUT2D eigenvalue weighted by molar-refractivity contribution is 0.0315. The van der Waals surface area contributed by atoms with Gasteiger partial charge in [-0.2, -0.15) is 0 Å². The monoisotopic (exact) mass is 548 g/mol. The third-order valence-electron chi connectivity index (χ3n) is 5.71. The Kier molecular flexibility index (Phi) is 11.1. The van der Waals surface area contributed by atoms with Crippen LogP contribution in [0.15, 0.2) is 23.2 Å². The number of aliphatic hydroxyl groups is 1. The van der Waals surface area contributed by atoms with Gasteiger partial charge in [0, 0.05) is 45.3 Å². The molecule has 1 aromatic rings. The molecule has 31 heavy (non-hydrogen) atoms. The second kappa shape index (κ2) is 13.3. The van der Waals surface area contributed by atoms with Crippen LogP contribution in [0.25, 0.3) is 0 Å². The topological polar surface area (TPSA) is 78.8 Å². The van der Waals surface area contributed by atoms with Gasteiger partial charge in [-0.05, 0) is 37.0 Å². The highest BCUT2D eigenvalue weighted by Crippen LogP contribution is 2.27. The van der Waals surface area contributed by atoms with Crippen molar-refractivity contribution in [3.05, 3.63) is 23.8 Å². The number of rotatable bonds is 8. The van der Waals surface area contributed by atoms with Gasteiger partial charge in [0.1, 0.15) is 11.5 Å². The Hall–Kier alpha value is -1.30. The number of hydrogen-bond donors (Lipinski definition) is 2. The molecule has 0 amide bonds. The van der Waals surface area contributed by atoms with Crippen LogP contribution in [0, 0.1) is 5.92 Å². The SMILES string of the molecule is CCNC(=NCC(O)c1cc(OC)cc(OC)c1)N1CCC(CN2CCOCC2)C1.I. The number of hydrogen-bond acceptors (Lipinski definition) is 6.